The number of carbonyl (C=O) groups excluding carboxylic acids is 4. The fourth-order valence-electron chi connectivity index (χ4n) is 4.62. The van der Waals surface area contributed by atoms with Gasteiger partial charge in [0.05, 0.1) is 25.0 Å². The Morgan fingerprint density at radius 3 is 1.91 bits per heavy atom. The smallest absolute Gasteiger partial charge is 0.309 e. The Bertz CT molecular complexity index is 972. The predicted molar refractivity (Wildman–Crippen MR) is 148 cm³/mol. The molecule has 44 heavy (non-hydrogen) atoms. The van der Waals surface area contributed by atoms with Gasteiger partial charge in [-0.25, -0.2) is 0 Å². The van der Waals surface area contributed by atoms with Crippen molar-refractivity contribution in [3.05, 3.63) is 0 Å². The monoisotopic (exact) mass is 636 g/mol. The van der Waals surface area contributed by atoms with Gasteiger partial charge in [-0.1, -0.05) is 48.0 Å². The van der Waals surface area contributed by atoms with Crippen molar-refractivity contribution in [2.24, 2.45) is 17.8 Å². The molecule has 0 bridgehead atoms. The second kappa shape index (κ2) is 16.8. The van der Waals surface area contributed by atoms with E-state index in [2.05, 4.69) is 0 Å². The van der Waals surface area contributed by atoms with Gasteiger partial charge in [0.25, 0.3) is 0 Å². The molecule has 254 valence electrons. The minimum absolute atomic E-state index is 0.000981. The van der Waals surface area contributed by atoms with Gasteiger partial charge in [-0.15, -0.1) is 0 Å². The topological polar surface area (TPSA) is 214 Å². The first kappa shape index (κ1) is 37.8. The third-order valence-corrected chi connectivity index (χ3v) is 7.74. The van der Waals surface area contributed by atoms with Crippen molar-refractivity contribution in [2.45, 2.75) is 123 Å². The van der Waals surface area contributed by atoms with Gasteiger partial charge in [0.15, 0.2) is 24.4 Å². The molecule has 0 aromatic rings. The first-order valence-corrected chi connectivity index (χ1v) is 15.0. The fraction of sp³-hybridized carbons (Fsp3) is 0.862. The van der Waals surface area contributed by atoms with Crippen molar-refractivity contribution in [3.8, 4) is 0 Å². The minimum atomic E-state index is -2.41. The SMILES string of the molecule is CCC(C)CC(=O)O[C@H]1[C@H](OC(=O)C(C)C)[C@@H](OC(=O)C(C)CC)[C@@H](O[C@]2(CO)O[C@H](CO)[C@@H](OC(C)=O)[C@@H]2O)O[C@@H]1CO. The second-order valence-electron chi connectivity index (χ2n) is 11.6. The Morgan fingerprint density at radius 1 is 0.795 bits per heavy atom. The molecule has 2 rings (SSSR count). The molecule has 0 radical (unpaired) electrons. The summed E-state index contributed by atoms with van der Waals surface area (Å²) in [6.45, 7) is 8.63. The molecular weight excluding hydrogens is 588 g/mol. The Morgan fingerprint density at radius 2 is 1.41 bits per heavy atom. The maximum absolute atomic E-state index is 13.1. The van der Waals surface area contributed by atoms with Crippen LogP contribution in [0, 0.1) is 17.8 Å². The van der Waals surface area contributed by atoms with E-state index in [1.54, 1.807) is 27.7 Å². The highest BCUT2D eigenvalue weighted by Gasteiger charge is 2.62. The summed E-state index contributed by atoms with van der Waals surface area (Å²) in [4.78, 5) is 50.6. The van der Waals surface area contributed by atoms with E-state index in [4.69, 9.17) is 33.2 Å². The standard InChI is InChI=1S/C29H48O15/c1-8-15(5)10-20(34)40-21-18(11-30)39-28(24(42-27(37)16(6)9-2)23(21)41-26(36)14(3)4)44-29(13-32)25(35)22(38-17(7)33)19(12-31)43-29/h14-16,18-19,21-25,28,30-32,35H,8-13H2,1-7H3/t15?,16?,18-,19-,21-,22-,23+,24-,25+,28-,29+/m1/s1. The van der Waals surface area contributed by atoms with Crippen LogP contribution in [0.3, 0.4) is 0 Å². The summed E-state index contributed by atoms with van der Waals surface area (Å²) in [5.41, 5.74) is 0. The number of hydrogen-bond donors (Lipinski definition) is 4. The quantitative estimate of drug-likeness (QED) is 0.137. The Balaban J connectivity index is 2.61. The van der Waals surface area contributed by atoms with Gasteiger partial charge in [-0.05, 0) is 12.3 Å². The van der Waals surface area contributed by atoms with Crippen LogP contribution in [0.15, 0.2) is 0 Å². The largest absolute Gasteiger partial charge is 0.457 e. The molecule has 2 aliphatic rings. The Kier molecular flexibility index (Phi) is 14.4. The number of rotatable bonds is 15. The predicted octanol–water partition coefficient (Wildman–Crippen LogP) is -0.0338. The molecule has 0 aromatic heterocycles. The third kappa shape index (κ3) is 9.08. The Hall–Kier alpha value is -2.40. The summed E-state index contributed by atoms with van der Waals surface area (Å²) in [5.74, 6) is -6.81. The average molecular weight is 637 g/mol. The highest BCUT2D eigenvalue weighted by molar-refractivity contribution is 5.73. The van der Waals surface area contributed by atoms with Gasteiger partial charge in [0.1, 0.15) is 24.9 Å². The van der Waals surface area contributed by atoms with Crippen LogP contribution in [0.2, 0.25) is 0 Å². The van der Waals surface area contributed by atoms with Gasteiger partial charge in [0, 0.05) is 13.3 Å². The van der Waals surface area contributed by atoms with Gasteiger partial charge < -0.3 is 53.6 Å². The first-order chi connectivity index (χ1) is 20.7. The van der Waals surface area contributed by atoms with E-state index in [0.717, 1.165) is 6.92 Å². The van der Waals surface area contributed by atoms with E-state index in [1.165, 1.54) is 0 Å². The summed E-state index contributed by atoms with van der Waals surface area (Å²) in [5, 5.41) is 41.6. The van der Waals surface area contributed by atoms with E-state index in [-0.39, 0.29) is 12.3 Å². The maximum atomic E-state index is 13.1. The zero-order valence-corrected chi connectivity index (χ0v) is 26.4. The van der Waals surface area contributed by atoms with Crippen molar-refractivity contribution >= 4 is 23.9 Å². The van der Waals surface area contributed by atoms with Crippen molar-refractivity contribution in [1.82, 2.24) is 0 Å². The number of esters is 4. The molecule has 15 heteroatoms. The molecule has 0 aliphatic carbocycles. The van der Waals surface area contributed by atoms with Gasteiger partial charge in [-0.2, -0.15) is 0 Å². The highest BCUT2D eigenvalue weighted by Crippen LogP contribution is 2.39. The van der Waals surface area contributed by atoms with Crippen LogP contribution in [-0.2, 0) is 52.3 Å². The zero-order valence-electron chi connectivity index (χ0n) is 26.4. The average Bonchev–Trinajstić information content (AvgIpc) is 3.24. The number of aliphatic hydroxyl groups is 4. The second-order valence-corrected chi connectivity index (χ2v) is 11.6. The van der Waals surface area contributed by atoms with Crippen LogP contribution in [0.5, 0.6) is 0 Å². The molecular formula is C29H48O15. The summed E-state index contributed by atoms with van der Waals surface area (Å²) < 4.78 is 39.7. The van der Waals surface area contributed by atoms with Crippen molar-refractivity contribution < 1.29 is 72.8 Å². The summed E-state index contributed by atoms with van der Waals surface area (Å²) in [6.07, 6.45) is -11.6. The normalized spacial score (nSPS) is 33.4. The van der Waals surface area contributed by atoms with Gasteiger partial charge in [0.2, 0.25) is 12.1 Å². The number of aliphatic hydroxyl groups excluding tert-OH is 4. The molecule has 15 nitrogen and oxygen atoms in total. The van der Waals surface area contributed by atoms with E-state index < -0.39 is 110 Å². The molecule has 0 spiro atoms. The van der Waals surface area contributed by atoms with E-state index in [0.29, 0.717) is 12.8 Å². The molecule has 2 fully saturated rings. The van der Waals surface area contributed by atoms with Crippen LogP contribution in [0.4, 0.5) is 0 Å². The van der Waals surface area contributed by atoms with Crippen molar-refractivity contribution in [1.29, 1.82) is 0 Å². The zero-order chi connectivity index (χ0) is 33.4. The summed E-state index contributed by atoms with van der Waals surface area (Å²) in [7, 11) is 0. The highest BCUT2D eigenvalue weighted by atomic mass is 16.8. The summed E-state index contributed by atoms with van der Waals surface area (Å²) >= 11 is 0. The lowest BCUT2D eigenvalue weighted by molar-refractivity contribution is -0.384. The number of carbonyl (C=O) groups is 4. The van der Waals surface area contributed by atoms with Crippen LogP contribution in [-0.4, -0.2) is 119 Å². The van der Waals surface area contributed by atoms with Crippen molar-refractivity contribution in [3.63, 3.8) is 0 Å². The Labute approximate surface area is 257 Å². The number of hydrogen-bond acceptors (Lipinski definition) is 15. The van der Waals surface area contributed by atoms with E-state index >= 15 is 0 Å². The van der Waals surface area contributed by atoms with Crippen molar-refractivity contribution in [2.75, 3.05) is 19.8 Å². The van der Waals surface area contributed by atoms with Gasteiger partial charge in [-0.3, -0.25) is 19.2 Å². The molecule has 11 atom stereocenters. The molecule has 2 heterocycles. The molecule has 0 amide bonds. The van der Waals surface area contributed by atoms with Crippen LogP contribution >= 0.6 is 0 Å². The summed E-state index contributed by atoms with van der Waals surface area (Å²) in [6, 6.07) is 0. The van der Waals surface area contributed by atoms with Crippen LogP contribution in [0.1, 0.15) is 67.7 Å². The molecule has 2 aliphatic heterocycles. The molecule has 0 saturated carbocycles. The fourth-order valence-corrected chi connectivity index (χ4v) is 4.62. The first-order valence-electron chi connectivity index (χ1n) is 15.0. The maximum Gasteiger partial charge on any atom is 0.309 e. The number of ether oxygens (including phenoxy) is 7. The lowest BCUT2D eigenvalue weighted by Gasteiger charge is -2.46. The van der Waals surface area contributed by atoms with Crippen LogP contribution in [0.25, 0.3) is 0 Å². The molecule has 0 aromatic carbocycles. The van der Waals surface area contributed by atoms with Crippen LogP contribution < -0.4 is 0 Å². The lowest BCUT2D eigenvalue weighted by Crippen LogP contribution is -2.65. The van der Waals surface area contributed by atoms with Gasteiger partial charge >= 0.3 is 23.9 Å². The molecule has 4 N–H and O–H groups in total. The molecule has 2 saturated heterocycles. The third-order valence-electron chi connectivity index (χ3n) is 7.74. The van der Waals surface area contributed by atoms with E-state index in [9.17, 15) is 39.6 Å². The lowest BCUT2D eigenvalue weighted by atomic mass is 9.96. The van der Waals surface area contributed by atoms with E-state index in [1.807, 2.05) is 13.8 Å². The molecule has 2 unspecified atom stereocenters. The minimum Gasteiger partial charge on any atom is -0.457 e.